The van der Waals surface area contributed by atoms with Crippen LogP contribution in [0.25, 0.3) is 11.1 Å². The van der Waals surface area contributed by atoms with Gasteiger partial charge in [-0.05, 0) is 35.1 Å². The van der Waals surface area contributed by atoms with Gasteiger partial charge < -0.3 is 10.2 Å². The molecule has 0 aliphatic carbocycles. The Balaban J connectivity index is 0.000000541. The average Bonchev–Trinajstić information content (AvgIpc) is 2.50. The van der Waals surface area contributed by atoms with E-state index in [1.54, 1.807) is 5.56 Å². The molecule has 0 heterocycles. The highest BCUT2D eigenvalue weighted by atomic mass is 16.6. The standard InChI is InChI=1S/C18H22.CH2O3/c1-3-9-15-13-8-14-18(17(15)10-4-2)16-11-6-5-7-12-16;2-1(3)4/h5-8,11-14H,3-4,9-10H2,1-2H3;(H2,2,3,4). The lowest BCUT2D eigenvalue weighted by Gasteiger charge is -2.14. The molecule has 0 aliphatic rings. The van der Waals surface area contributed by atoms with Gasteiger partial charge in [-0.3, -0.25) is 0 Å². The largest absolute Gasteiger partial charge is 0.503 e. The first-order chi connectivity index (χ1) is 10.6. The van der Waals surface area contributed by atoms with Crippen LogP contribution in [0.15, 0.2) is 48.5 Å². The maximum atomic E-state index is 8.56. The van der Waals surface area contributed by atoms with E-state index in [0.717, 1.165) is 0 Å². The molecule has 2 rings (SSSR count). The molecule has 2 aromatic rings. The molecule has 0 spiro atoms. The summed E-state index contributed by atoms with van der Waals surface area (Å²) in [5.74, 6) is 0. The van der Waals surface area contributed by atoms with Gasteiger partial charge in [0.25, 0.3) is 0 Å². The summed E-state index contributed by atoms with van der Waals surface area (Å²) in [7, 11) is 0. The lowest BCUT2D eigenvalue weighted by molar-refractivity contribution is 0.137. The van der Waals surface area contributed by atoms with Crippen LogP contribution in [0.5, 0.6) is 0 Å². The number of aryl methyl sites for hydroxylation is 1. The molecule has 0 saturated carbocycles. The zero-order valence-electron chi connectivity index (χ0n) is 13.2. The highest BCUT2D eigenvalue weighted by Crippen LogP contribution is 2.28. The Kier molecular flexibility index (Phi) is 7.76. The van der Waals surface area contributed by atoms with E-state index in [2.05, 4.69) is 62.4 Å². The fraction of sp³-hybridized carbons (Fsp3) is 0.316. The van der Waals surface area contributed by atoms with Gasteiger partial charge in [-0.2, -0.15) is 0 Å². The lowest BCUT2D eigenvalue weighted by atomic mass is 9.91. The molecule has 0 saturated heterocycles. The first kappa shape index (κ1) is 17.8. The van der Waals surface area contributed by atoms with Crippen LogP contribution in [0.1, 0.15) is 37.8 Å². The Labute approximate surface area is 132 Å². The maximum absolute atomic E-state index is 8.56. The van der Waals surface area contributed by atoms with Crippen LogP contribution in [-0.4, -0.2) is 16.4 Å². The van der Waals surface area contributed by atoms with Gasteiger partial charge in [0.05, 0.1) is 0 Å². The number of benzene rings is 2. The molecule has 0 aliphatic heterocycles. The Hall–Kier alpha value is -2.29. The third-order valence-corrected chi connectivity index (χ3v) is 3.38. The molecule has 0 bridgehead atoms. The molecule has 0 fully saturated rings. The van der Waals surface area contributed by atoms with Crippen LogP contribution in [0.2, 0.25) is 0 Å². The topological polar surface area (TPSA) is 57.5 Å². The van der Waals surface area contributed by atoms with E-state index in [9.17, 15) is 0 Å². The molecule has 2 aromatic carbocycles. The van der Waals surface area contributed by atoms with Crippen molar-refractivity contribution in [2.45, 2.75) is 39.5 Å². The number of hydrogen-bond donors (Lipinski definition) is 2. The van der Waals surface area contributed by atoms with Crippen LogP contribution in [0, 0.1) is 0 Å². The molecule has 0 atom stereocenters. The summed E-state index contributed by atoms with van der Waals surface area (Å²) < 4.78 is 0. The predicted molar refractivity (Wildman–Crippen MR) is 90.5 cm³/mol. The summed E-state index contributed by atoms with van der Waals surface area (Å²) in [6.45, 7) is 4.52. The van der Waals surface area contributed by atoms with Gasteiger partial charge in [0.1, 0.15) is 0 Å². The number of carbonyl (C=O) groups is 1. The number of rotatable bonds is 5. The number of hydrogen-bond acceptors (Lipinski definition) is 1. The third kappa shape index (κ3) is 5.60. The Morgan fingerprint density at radius 2 is 1.45 bits per heavy atom. The summed E-state index contributed by atoms with van der Waals surface area (Å²) in [6.07, 6.45) is 2.96. The molecule has 3 nitrogen and oxygen atoms in total. The summed E-state index contributed by atoms with van der Waals surface area (Å²) in [4.78, 5) is 8.56. The molecule has 0 radical (unpaired) electrons. The fourth-order valence-electron chi connectivity index (χ4n) is 2.57. The molecule has 0 aromatic heterocycles. The average molecular weight is 300 g/mol. The van der Waals surface area contributed by atoms with Crippen molar-refractivity contribution in [3.63, 3.8) is 0 Å². The van der Waals surface area contributed by atoms with E-state index in [0.29, 0.717) is 0 Å². The summed E-state index contributed by atoms with van der Waals surface area (Å²) in [5.41, 5.74) is 5.84. The van der Waals surface area contributed by atoms with Crippen molar-refractivity contribution in [1.29, 1.82) is 0 Å². The molecule has 22 heavy (non-hydrogen) atoms. The van der Waals surface area contributed by atoms with Crippen molar-refractivity contribution in [3.05, 3.63) is 59.7 Å². The van der Waals surface area contributed by atoms with Crippen molar-refractivity contribution in [1.82, 2.24) is 0 Å². The second-order valence-electron chi connectivity index (χ2n) is 5.09. The Bertz CT molecular complexity index is 572. The molecular weight excluding hydrogens is 276 g/mol. The molecule has 0 unspecified atom stereocenters. The van der Waals surface area contributed by atoms with Crippen LogP contribution in [0.3, 0.4) is 0 Å². The quantitative estimate of drug-likeness (QED) is 0.768. The monoisotopic (exact) mass is 300 g/mol. The molecule has 118 valence electrons. The van der Waals surface area contributed by atoms with E-state index < -0.39 is 6.16 Å². The van der Waals surface area contributed by atoms with Gasteiger partial charge in [-0.25, -0.2) is 4.79 Å². The first-order valence-electron chi connectivity index (χ1n) is 7.68. The van der Waals surface area contributed by atoms with Crippen LogP contribution in [0.4, 0.5) is 4.79 Å². The van der Waals surface area contributed by atoms with Crippen LogP contribution in [-0.2, 0) is 12.8 Å². The third-order valence-electron chi connectivity index (χ3n) is 3.38. The highest BCUT2D eigenvalue weighted by Gasteiger charge is 2.08. The second kappa shape index (κ2) is 9.61. The smallest absolute Gasteiger partial charge is 0.450 e. The van der Waals surface area contributed by atoms with Crippen molar-refractivity contribution >= 4 is 6.16 Å². The van der Waals surface area contributed by atoms with Crippen LogP contribution < -0.4 is 0 Å². The predicted octanol–water partition coefficient (Wildman–Crippen LogP) is 5.48. The van der Waals surface area contributed by atoms with Crippen LogP contribution >= 0.6 is 0 Å². The summed E-state index contributed by atoms with van der Waals surface area (Å²) >= 11 is 0. The van der Waals surface area contributed by atoms with Gasteiger partial charge >= 0.3 is 6.16 Å². The molecule has 0 amide bonds. The van der Waals surface area contributed by atoms with Crippen molar-refractivity contribution in [2.24, 2.45) is 0 Å². The molecular formula is C19H24O3. The van der Waals surface area contributed by atoms with Gasteiger partial charge in [0.15, 0.2) is 0 Å². The minimum atomic E-state index is -1.83. The SMILES string of the molecule is CCCc1cccc(-c2ccccc2)c1CCC.O=C(O)O. The van der Waals surface area contributed by atoms with Crippen molar-refractivity contribution < 1.29 is 15.0 Å². The van der Waals surface area contributed by atoms with E-state index in [1.165, 1.54) is 42.4 Å². The highest BCUT2D eigenvalue weighted by molar-refractivity contribution is 5.68. The zero-order chi connectivity index (χ0) is 16.4. The van der Waals surface area contributed by atoms with Gasteiger partial charge in [0, 0.05) is 0 Å². The minimum Gasteiger partial charge on any atom is -0.450 e. The summed E-state index contributed by atoms with van der Waals surface area (Å²) in [6, 6.07) is 17.5. The van der Waals surface area contributed by atoms with Gasteiger partial charge in [0.2, 0.25) is 0 Å². The zero-order valence-corrected chi connectivity index (χ0v) is 13.2. The van der Waals surface area contributed by atoms with E-state index in [1.807, 2.05) is 0 Å². The second-order valence-corrected chi connectivity index (χ2v) is 5.09. The van der Waals surface area contributed by atoms with Gasteiger partial charge in [-0.15, -0.1) is 0 Å². The fourth-order valence-corrected chi connectivity index (χ4v) is 2.57. The summed E-state index contributed by atoms with van der Waals surface area (Å²) in [5, 5.41) is 13.9. The normalized spacial score (nSPS) is 9.73. The van der Waals surface area contributed by atoms with Gasteiger partial charge in [-0.1, -0.05) is 75.2 Å². The Morgan fingerprint density at radius 3 is 2.00 bits per heavy atom. The van der Waals surface area contributed by atoms with E-state index in [-0.39, 0.29) is 0 Å². The Morgan fingerprint density at radius 1 is 0.864 bits per heavy atom. The van der Waals surface area contributed by atoms with E-state index >= 15 is 0 Å². The van der Waals surface area contributed by atoms with Crippen molar-refractivity contribution in [3.8, 4) is 11.1 Å². The lowest BCUT2D eigenvalue weighted by Crippen LogP contribution is -1.97. The minimum absolute atomic E-state index is 1.18. The van der Waals surface area contributed by atoms with Crippen molar-refractivity contribution in [2.75, 3.05) is 0 Å². The van der Waals surface area contributed by atoms with E-state index in [4.69, 9.17) is 15.0 Å². The number of carboxylic acid groups (broad SMARTS) is 2. The first-order valence-corrected chi connectivity index (χ1v) is 7.68. The molecule has 3 heteroatoms. The molecule has 2 N–H and O–H groups in total. The maximum Gasteiger partial charge on any atom is 0.503 e.